The Balaban J connectivity index is 1.60. The van der Waals surface area contributed by atoms with Gasteiger partial charge < -0.3 is 4.98 Å². The van der Waals surface area contributed by atoms with E-state index >= 15 is 0 Å². The predicted molar refractivity (Wildman–Crippen MR) is 111 cm³/mol. The summed E-state index contributed by atoms with van der Waals surface area (Å²) in [5.74, 6) is 1.54. The number of imidazole rings is 1. The number of aromatic nitrogens is 4. The highest BCUT2D eigenvalue weighted by atomic mass is 16.1. The van der Waals surface area contributed by atoms with Gasteiger partial charge in [-0.25, -0.2) is 9.97 Å². The molecule has 2 aromatic heterocycles. The molecule has 0 atom stereocenters. The molecule has 0 aliphatic rings. The molecular formula is C23H18N4O. The van der Waals surface area contributed by atoms with Crippen molar-refractivity contribution in [1.82, 2.24) is 19.5 Å². The van der Waals surface area contributed by atoms with E-state index < -0.39 is 0 Å². The molecule has 0 amide bonds. The van der Waals surface area contributed by atoms with Crippen LogP contribution < -0.4 is 5.56 Å². The van der Waals surface area contributed by atoms with Gasteiger partial charge in [-0.3, -0.25) is 9.36 Å². The van der Waals surface area contributed by atoms with Crippen molar-refractivity contribution >= 4 is 21.9 Å². The van der Waals surface area contributed by atoms with E-state index in [-0.39, 0.29) is 5.56 Å². The number of rotatable bonds is 4. The molecule has 28 heavy (non-hydrogen) atoms. The average molecular weight is 366 g/mol. The Labute approximate surface area is 161 Å². The number of aromatic amines is 1. The lowest BCUT2D eigenvalue weighted by molar-refractivity contribution is 0.656. The SMILES string of the molecule is O=c1c2ccccc2nc(-c2ccccc2)n1CCc1nc2ccccc2[nH]1. The van der Waals surface area contributed by atoms with E-state index in [9.17, 15) is 4.79 Å². The molecule has 1 N–H and O–H groups in total. The number of para-hydroxylation sites is 3. The normalized spacial score (nSPS) is 11.3. The second kappa shape index (κ2) is 6.78. The first-order valence-electron chi connectivity index (χ1n) is 9.28. The summed E-state index contributed by atoms with van der Waals surface area (Å²) in [7, 11) is 0. The molecular weight excluding hydrogens is 348 g/mol. The highest BCUT2D eigenvalue weighted by Gasteiger charge is 2.13. The van der Waals surface area contributed by atoms with E-state index in [0.717, 1.165) is 22.4 Å². The van der Waals surface area contributed by atoms with Crippen molar-refractivity contribution in [1.29, 1.82) is 0 Å². The predicted octanol–water partition coefficient (Wildman–Crippen LogP) is 4.18. The van der Waals surface area contributed by atoms with Gasteiger partial charge in [-0.05, 0) is 24.3 Å². The Kier molecular flexibility index (Phi) is 3.98. The lowest BCUT2D eigenvalue weighted by Gasteiger charge is -2.13. The Bertz CT molecular complexity index is 1300. The Morgan fingerprint density at radius 3 is 2.32 bits per heavy atom. The van der Waals surface area contributed by atoms with Gasteiger partial charge in [-0.1, -0.05) is 54.6 Å². The number of benzene rings is 3. The summed E-state index contributed by atoms with van der Waals surface area (Å²) in [6, 6.07) is 25.3. The minimum atomic E-state index is -0.0273. The summed E-state index contributed by atoms with van der Waals surface area (Å²) in [4.78, 5) is 26.0. The number of hydrogen-bond acceptors (Lipinski definition) is 3. The van der Waals surface area contributed by atoms with Crippen LogP contribution >= 0.6 is 0 Å². The molecule has 5 rings (SSSR count). The molecule has 0 unspecified atom stereocenters. The van der Waals surface area contributed by atoms with E-state index in [2.05, 4.69) is 9.97 Å². The second-order valence-electron chi connectivity index (χ2n) is 6.73. The van der Waals surface area contributed by atoms with E-state index in [1.165, 1.54) is 0 Å². The minimum absolute atomic E-state index is 0.0273. The molecule has 0 saturated carbocycles. The zero-order chi connectivity index (χ0) is 18.9. The van der Waals surface area contributed by atoms with Crippen molar-refractivity contribution in [2.75, 3.05) is 0 Å². The largest absolute Gasteiger partial charge is 0.342 e. The van der Waals surface area contributed by atoms with Gasteiger partial charge in [-0.15, -0.1) is 0 Å². The maximum absolute atomic E-state index is 13.2. The van der Waals surface area contributed by atoms with Crippen LogP contribution in [-0.2, 0) is 13.0 Å². The zero-order valence-corrected chi connectivity index (χ0v) is 15.2. The molecule has 0 aliphatic carbocycles. The zero-order valence-electron chi connectivity index (χ0n) is 15.2. The molecule has 0 bridgehead atoms. The molecule has 5 nitrogen and oxygen atoms in total. The Morgan fingerprint density at radius 1 is 0.786 bits per heavy atom. The quantitative estimate of drug-likeness (QED) is 0.519. The number of fused-ring (bicyclic) bond motifs is 2. The van der Waals surface area contributed by atoms with Crippen molar-refractivity contribution in [3.8, 4) is 11.4 Å². The summed E-state index contributed by atoms with van der Waals surface area (Å²) >= 11 is 0. The molecule has 2 heterocycles. The molecule has 0 radical (unpaired) electrons. The third-order valence-electron chi connectivity index (χ3n) is 4.90. The van der Waals surface area contributed by atoms with Crippen LogP contribution in [0.4, 0.5) is 0 Å². The second-order valence-corrected chi connectivity index (χ2v) is 6.73. The van der Waals surface area contributed by atoms with Crippen molar-refractivity contribution in [2.24, 2.45) is 0 Å². The molecule has 0 saturated heterocycles. The average Bonchev–Trinajstić information content (AvgIpc) is 3.16. The monoisotopic (exact) mass is 366 g/mol. The smallest absolute Gasteiger partial charge is 0.261 e. The maximum Gasteiger partial charge on any atom is 0.261 e. The lowest BCUT2D eigenvalue weighted by atomic mass is 10.1. The number of hydrogen-bond donors (Lipinski definition) is 1. The third-order valence-corrected chi connectivity index (χ3v) is 4.90. The van der Waals surface area contributed by atoms with E-state index in [4.69, 9.17) is 4.98 Å². The van der Waals surface area contributed by atoms with Gasteiger partial charge in [0.05, 0.1) is 21.9 Å². The molecule has 5 aromatic rings. The van der Waals surface area contributed by atoms with Crippen LogP contribution in [0.25, 0.3) is 33.3 Å². The van der Waals surface area contributed by atoms with Crippen molar-refractivity contribution in [3.05, 3.63) is 95.0 Å². The van der Waals surface area contributed by atoms with Crippen LogP contribution in [0.3, 0.4) is 0 Å². The molecule has 5 heteroatoms. The van der Waals surface area contributed by atoms with Gasteiger partial charge in [0.1, 0.15) is 11.6 Å². The van der Waals surface area contributed by atoms with Gasteiger partial charge in [-0.2, -0.15) is 0 Å². The Morgan fingerprint density at radius 2 is 1.50 bits per heavy atom. The Hall–Kier alpha value is -3.73. The van der Waals surface area contributed by atoms with Crippen LogP contribution in [0, 0.1) is 0 Å². The lowest BCUT2D eigenvalue weighted by Crippen LogP contribution is -2.24. The number of nitrogens with one attached hydrogen (secondary N) is 1. The summed E-state index contributed by atoms with van der Waals surface area (Å²) in [5.41, 5.74) is 3.55. The molecule has 136 valence electrons. The van der Waals surface area contributed by atoms with Gasteiger partial charge >= 0.3 is 0 Å². The number of aryl methyl sites for hydroxylation is 1. The van der Waals surface area contributed by atoms with Gasteiger partial charge in [0.15, 0.2) is 0 Å². The highest BCUT2D eigenvalue weighted by Crippen LogP contribution is 2.19. The first-order chi connectivity index (χ1) is 13.8. The van der Waals surface area contributed by atoms with Crippen LogP contribution in [0.5, 0.6) is 0 Å². The van der Waals surface area contributed by atoms with Gasteiger partial charge in [0, 0.05) is 18.5 Å². The number of nitrogens with zero attached hydrogens (tertiary/aromatic N) is 3. The van der Waals surface area contributed by atoms with Gasteiger partial charge in [0.2, 0.25) is 0 Å². The fourth-order valence-corrected chi connectivity index (χ4v) is 3.52. The first-order valence-corrected chi connectivity index (χ1v) is 9.28. The molecule has 3 aromatic carbocycles. The van der Waals surface area contributed by atoms with Crippen LogP contribution in [0.2, 0.25) is 0 Å². The van der Waals surface area contributed by atoms with E-state index in [0.29, 0.717) is 29.7 Å². The summed E-state index contributed by atoms with van der Waals surface area (Å²) < 4.78 is 1.75. The summed E-state index contributed by atoms with van der Waals surface area (Å²) in [6.07, 6.45) is 0.619. The van der Waals surface area contributed by atoms with Crippen molar-refractivity contribution in [2.45, 2.75) is 13.0 Å². The fourth-order valence-electron chi connectivity index (χ4n) is 3.52. The molecule has 0 fully saturated rings. The van der Waals surface area contributed by atoms with Crippen LogP contribution in [0.15, 0.2) is 83.7 Å². The first kappa shape index (κ1) is 16.4. The molecule has 0 spiro atoms. The van der Waals surface area contributed by atoms with E-state index in [1.807, 2.05) is 78.9 Å². The summed E-state index contributed by atoms with van der Waals surface area (Å²) in [6.45, 7) is 0.501. The topological polar surface area (TPSA) is 63.6 Å². The fraction of sp³-hybridized carbons (Fsp3) is 0.0870. The van der Waals surface area contributed by atoms with Gasteiger partial charge in [0.25, 0.3) is 5.56 Å². The standard InChI is InChI=1S/C23H18N4O/c28-23-17-10-4-5-11-18(17)26-22(16-8-2-1-3-9-16)27(23)15-14-21-24-19-12-6-7-13-20(19)25-21/h1-13H,14-15H2,(H,24,25). The highest BCUT2D eigenvalue weighted by molar-refractivity contribution is 5.79. The number of H-pyrrole nitrogens is 1. The van der Waals surface area contributed by atoms with E-state index in [1.54, 1.807) is 4.57 Å². The third kappa shape index (κ3) is 2.87. The van der Waals surface area contributed by atoms with Crippen molar-refractivity contribution in [3.63, 3.8) is 0 Å². The molecule has 0 aliphatic heterocycles. The minimum Gasteiger partial charge on any atom is -0.342 e. The van der Waals surface area contributed by atoms with Crippen LogP contribution in [-0.4, -0.2) is 19.5 Å². The van der Waals surface area contributed by atoms with Crippen molar-refractivity contribution < 1.29 is 0 Å². The summed E-state index contributed by atoms with van der Waals surface area (Å²) in [5, 5.41) is 0.631. The van der Waals surface area contributed by atoms with Crippen LogP contribution in [0.1, 0.15) is 5.82 Å². The maximum atomic E-state index is 13.2.